The molecule has 0 bridgehead atoms. The van der Waals surface area contributed by atoms with Crippen LogP contribution in [0.2, 0.25) is 0 Å². The Bertz CT molecular complexity index is 987. The Hall–Kier alpha value is -3.65. The molecule has 4 rings (SSSR count). The number of nitrogens with one attached hydrogen (secondary N) is 2. The van der Waals surface area contributed by atoms with Crippen LogP contribution in [0, 0.1) is 0 Å². The van der Waals surface area contributed by atoms with E-state index in [1.165, 1.54) is 5.69 Å². The molecule has 1 fully saturated rings. The number of hydrogen-bond donors (Lipinski definition) is 2. The first kappa shape index (κ1) is 23.5. The van der Waals surface area contributed by atoms with Crippen molar-refractivity contribution in [2.24, 2.45) is 0 Å². The summed E-state index contributed by atoms with van der Waals surface area (Å²) in [5.74, 6) is 2.50. The van der Waals surface area contributed by atoms with Crippen LogP contribution in [-0.4, -0.2) is 63.9 Å². The lowest BCUT2D eigenvalue weighted by Crippen LogP contribution is -2.50. The highest BCUT2D eigenvalue weighted by molar-refractivity contribution is 5.73. The monoisotopic (exact) mass is 464 g/mol. The summed E-state index contributed by atoms with van der Waals surface area (Å²) in [6, 6.07) is 21.3. The van der Waals surface area contributed by atoms with Crippen molar-refractivity contribution in [3.63, 3.8) is 0 Å². The Labute approximate surface area is 200 Å². The first-order valence-corrected chi connectivity index (χ1v) is 11.6. The van der Waals surface area contributed by atoms with E-state index >= 15 is 0 Å². The lowest BCUT2D eigenvalue weighted by Gasteiger charge is -2.39. The van der Waals surface area contributed by atoms with Crippen molar-refractivity contribution in [2.75, 3.05) is 57.9 Å². The first-order valence-electron chi connectivity index (χ1n) is 11.6. The summed E-state index contributed by atoms with van der Waals surface area (Å²) in [6.07, 6.45) is 1.68. The molecule has 0 saturated carbocycles. The van der Waals surface area contributed by atoms with Gasteiger partial charge < -0.3 is 29.4 Å². The minimum atomic E-state index is -0.218. The smallest absolute Gasteiger partial charge is 0.314 e. The number of para-hydroxylation sites is 1. The van der Waals surface area contributed by atoms with Gasteiger partial charge >= 0.3 is 6.03 Å². The van der Waals surface area contributed by atoms with Crippen molar-refractivity contribution in [3.8, 4) is 11.5 Å². The standard InChI is InChI=1S/C26H32N4O4/c1-32-22-11-9-21(10-12-22)29-14-16-30(17-15-29)24(25-8-5-18-34-25)20-28-26(31)27-13-19-33-23-6-3-2-4-7-23/h2-12,18,24H,13-17,19-20H2,1H3,(H2,27,28,31)/t24-/m0/s1. The highest BCUT2D eigenvalue weighted by Gasteiger charge is 2.27. The molecule has 1 aromatic heterocycles. The molecule has 2 amide bonds. The van der Waals surface area contributed by atoms with Gasteiger partial charge in [0.2, 0.25) is 0 Å². The number of carbonyl (C=O) groups is 1. The van der Waals surface area contributed by atoms with Crippen molar-refractivity contribution in [1.29, 1.82) is 0 Å². The van der Waals surface area contributed by atoms with E-state index in [1.807, 2.05) is 54.6 Å². The zero-order valence-electron chi connectivity index (χ0n) is 19.5. The van der Waals surface area contributed by atoms with E-state index in [0.717, 1.165) is 43.4 Å². The van der Waals surface area contributed by atoms with Gasteiger partial charge in [-0.2, -0.15) is 0 Å². The summed E-state index contributed by atoms with van der Waals surface area (Å²) < 4.78 is 16.6. The molecule has 34 heavy (non-hydrogen) atoms. The molecule has 1 saturated heterocycles. The van der Waals surface area contributed by atoms with Gasteiger partial charge in [-0.25, -0.2) is 4.79 Å². The van der Waals surface area contributed by atoms with Crippen molar-refractivity contribution >= 4 is 11.7 Å². The molecule has 8 heteroatoms. The SMILES string of the molecule is COc1ccc(N2CCN([C@@H](CNC(=O)NCCOc3ccccc3)c3ccco3)CC2)cc1. The van der Waals surface area contributed by atoms with E-state index in [1.54, 1.807) is 13.4 Å². The molecule has 1 aliphatic rings. The molecule has 1 atom stereocenters. The van der Waals surface area contributed by atoms with Crippen LogP contribution in [-0.2, 0) is 0 Å². The number of furan rings is 1. The minimum Gasteiger partial charge on any atom is -0.497 e. The number of methoxy groups -OCH3 is 1. The number of hydrogen-bond acceptors (Lipinski definition) is 6. The van der Waals surface area contributed by atoms with Crippen LogP contribution in [0.3, 0.4) is 0 Å². The molecule has 2 heterocycles. The predicted molar refractivity (Wildman–Crippen MR) is 132 cm³/mol. The molecule has 0 aliphatic carbocycles. The molecule has 0 spiro atoms. The number of anilines is 1. The molecule has 1 aliphatic heterocycles. The van der Waals surface area contributed by atoms with Crippen molar-refractivity contribution in [1.82, 2.24) is 15.5 Å². The number of piperazine rings is 1. The van der Waals surface area contributed by atoms with Gasteiger partial charge in [0.05, 0.1) is 26.0 Å². The molecular formula is C26H32N4O4. The third-order valence-electron chi connectivity index (χ3n) is 5.92. The van der Waals surface area contributed by atoms with Crippen LogP contribution in [0.15, 0.2) is 77.4 Å². The number of amides is 2. The van der Waals surface area contributed by atoms with Crippen LogP contribution in [0.5, 0.6) is 11.5 Å². The zero-order valence-corrected chi connectivity index (χ0v) is 19.5. The number of ether oxygens (including phenoxy) is 2. The zero-order chi connectivity index (χ0) is 23.6. The lowest BCUT2D eigenvalue weighted by atomic mass is 10.1. The van der Waals surface area contributed by atoms with Crippen LogP contribution < -0.4 is 25.0 Å². The second kappa shape index (κ2) is 12.0. The van der Waals surface area contributed by atoms with E-state index < -0.39 is 0 Å². The second-order valence-corrected chi connectivity index (χ2v) is 8.05. The van der Waals surface area contributed by atoms with E-state index in [2.05, 4.69) is 32.6 Å². The van der Waals surface area contributed by atoms with Gasteiger partial charge in [0, 0.05) is 38.4 Å². The molecule has 180 valence electrons. The third-order valence-corrected chi connectivity index (χ3v) is 5.92. The Balaban J connectivity index is 1.25. The quantitative estimate of drug-likeness (QED) is 0.447. The Morgan fingerprint density at radius 3 is 2.38 bits per heavy atom. The fourth-order valence-corrected chi connectivity index (χ4v) is 4.08. The Morgan fingerprint density at radius 1 is 0.941 bits per heavy atom. The number of benzene rings is 2. The van der Waals surface area contributed by atoms with Gasteiger partial charge in [0.25, 0.3) is 0 Å². The topological polar surface area (TPSA) is 79.2 Å². The van der Waals surface area contributed by atoms with Gasteiger partial charge in [-0.1, -0.05) is 18.2 Å². The van der Waals surface area contributed by atoms with Gasteiger partial charge in [-0.05, 0) is 48.5 Å². The average molecular weight is 465 g/mol. The summed E-state index contributed by atoms with van der Waals surface area (Å²) in [5.41, 5.74) is 1.19. The number of carbonyl (C=O) groups excluding carboxylic acids is 1. The highest BCUT2D eigenvalue weighted by atomic mass is 16.5. The Kier molecular flexibility index (Phi) is 8.29. The van der Waals surface area contributed by atoms with E-state index in [4.69, 9.17) is 13.9 Å². The molecule has 8 nitrogen and oxygen atoms in total. The minimum absolute atomic E-state index is 0.0284. The van der Waals surface area contributed by atoms with Gasteiger partial charge in [-0.3, -0.25) is 4.90 Å². The summed E-state index contributed by atoms with van der Waals surface area (Å²) in [5, 5.41) is 5.84. The highest BCUT2D eigenvalue weighted by Crippen LogP contribution is 2.25. The maximum absolute atomic E-state index is 12.4. The fraction of sp³-hybridized carbons (Fsp3) is 0.346. The summed E-state index contributed by atoms with van der Waals surface area (Å²) in [4.78, 5) is 17.1. The second-order valence-electron chi connectivity index (χ2n) is 8.05. The predicted octanol–water partition coefficient (Wildman–Crippen LogP) is 3.53. The van der Waals surface area contributed by atoms with Gasteiger partial charge in [-0.15, -0.1) is 0 Å². The number of urea groups is 1. The third kappa shape index (κ3) is 6.45. The first-order chi connectivity index (χ1) is 16.7. The lowest BCUT2D eigenvalue weighted by molar-refractivity contribution is 0.161. The van der Waals surface area contributed by atoms with Crippen LogP contribution >= 0.6 is 0 Å². The van der Waals surface area contributed by atoms with Crippen molar-refractivity contribution in [3.05, 3.63) is 78.8 Å². The average Bonchev–Trinajstić information content (AvgIpc) is 3.43. The molecule has 3 aromatic rings. The molecule has 0 unspecified atom stereocenters. The van der Waals surface area contributed by atoms with Gasteiger partial charge in [0.1, 0.15) is 23.9 Å². The largest absolute Gasteiger partial charge is 0.497 e. The van der Waals surface area contributed by atoms with Crippen molar-refractivity contribution < 1.29 is 18.7 Å². The fourth-order valence-electron chi connectivity index (χ4n) is 4.08. The normalized spacial score (nSPS) is 14.9. The summed E-state index contributed by atoms with van der Waals surface area (Å²) >= 11 is 0. The maximum Gasteiger partial charge on any atom is 0.314 e. The van der Waals surface area contributed by atoms with Crippen LogP contribution in [0.25, 0.3) is 0 Å². The molecule has 2 N–H and O–H groups in total. The summed E-state index contributed by atoms with van der Waals surface area (Å²) in [7, 11) is 1.68. The van der Waals surface area contributed by atoms with Crippen LogP contribution in [0.1, 0.15) is 11.8 Å². The molecular weight excluding hydrogens is 432 g/mol. The molecule has 0 radical (unpaired) electrons. The molecule has 2 aromatic carbocycles. The maximum atomic E-state index is 12.4. The van der Waals surface area contributed by atoms with Gasteiger partial charge in [0.15, 0.2) is 0 Å². The number of nitrogens with zero attached hydrogens (tertiary/aromatic N) is 2. The Morgan fingerprint density at radius 2 is 1.71 bits per heavy atom. The number of rotatable bonds is 10. The van der Waals surface area contributed by atoms with Crippen LogP contribution in [0.4, 0.5) is 10.5 Å². The van der Waals surface area contributed by atoms with Crippen molar-refractivity contribution in [2.45, 2.75) is 6.04 Å². The van der Waals surface area contributed by atoms with E-state index in [9.17, 15) is 4.79 Å². The van der Waals surface area contributed by atoms with E-state index in [-0.39, 0.29) is 12.1 Å². The summed E-state index contributed by atoms with van der Waals surface area (Å²) in [6.45, 7) is 4.82. The van der Waals surface area contributed by atoms with E-state index in [0.29, 0.717) is 19.7 Å².